The van der Waals surface area contributed by atoms with Gasteiger partial charge in [0.25, 0.3) is 0 Å². The van der Waals surface area contributed by atoms with E-state index in [1.807, 2.05) is 24.0 Å². The van der Waals surface area contributed by atoms with Crippen LogP contribution in [-0.4, -0.2) is 29.1 Å². The predicted octanol–water partition coefficient (Wildman–Crippen LogP) is 2.97. The molecule has 0 aliphatic heterocycles. The normalized spacial score (nSPS) is 12.4. The zero-order valence-corrected chi connectivity index (χ0v) is 10.5. The molecule has 1 N–H and O–H groups in total. The molecule has 1 aromatic rings. The largest absolute Gasteiger partial charge is 0.480 e. The van der Waals surface area contributed by atoms with Crippen LogP contribution in [0, 0.1) is 0 Å². The number of hydrogen-bond acceptors (Lipinski definition) is 2. The van der Waals surface area contributed by atoms with Crippen molar-refractivity contribution in [3.8, 4) is 0 Å². The number of nitrogens with zero attached hydrogens (tertiary/aromatic N) is 1. The summed E-state index contributed by atoms with van der Waals surface area (Å²) in [5.74, 6) is -0.840. The fourth-order valence-electron chi connectivity index (χ4n) is 1.65. The van der Waals surface area contributed by atoms with Crippen molar-refractivity contribution in [3.63, 3.8) is 0 Å². The fraction of sp³-hybridized carbons (Fsp3) is 0.308. The molecule has 0 aliphatic rings. The molecule has 0 fully saturated rings. The molecule has 1 aromatic carbocycles. The molecular formula is C13H16ClNO2. The van der Waals surface area contributed by atoms with Gasteiger partial charge < -0.3 is 5.11 Å². The Morgan fingerprint density at radius 3 is 2.59 bits per heavy atom. The molecule has 0 heterocycles. The summed E-state index contributed by atoms with van der Waals surface area (Å²) in [6.07, 6.45) is 1.70. The molecule has 0 amide bonds. The number of carboxylic acid groups (broad SMARTS) is 1. The van der Waals surface area contributed by atoms with E-state index in [-0.39, 0.29) is 12.6 Å². The topological polar surface area (TPSA) is 40.5 Å². The van der Waals surface area contributed by atoms with E-state index in [0.717, 1.165) is 5.56 Å². The minimum absolute atomic E-state index is 0.00415. The van der Waals surface area contributed by atoms with Crippen LogP contribution in [-0.2, 0) is 4.79 Å². The molecular weight excluding hydrogens is 238 g/mol. The molecule has 0 aromatic heterocycles. The third-order valence-electron chi connectivity index (χ3n) is 2.60. The van der Waals surface area contributed by atoms with Gasteiger partial charge in [-0.25, -0.2) is 0 Å². The van der Waals surface area contributed by atoms with Crippen molar-refractivity contribution in [1.29, 1.82) is 0 Å². The number of carboxylic acids is 1. The van der Waals surface area contributed by atoms with Crippen molar-refractivity contribution in [2.24, 2.45) is 0 Å². The van der Waals surface area contributed by atoms with E-state index < -0.39 is 5.97 Å². The van der Waals surface area contributed by atoms with Crippen LogP contribution in [0.3, 0.4) is 0 Å². The predicted molar refractivity (Wildman–Crippen MR) is 69.3 cm³/mol. The molecule has 1 rings (SSSR count). The molecule has 0 bridgehead atoms. The van der Waals surface area contributed by atoms with Crippen LogP contribution >= 0.6 is 11.6 Å². The Morgan fingerprint density at radius 1 is 1.53 bits per heavy atom. The van der Waals surface area contributed by atoms with Crippen LogP contribution in [0.5, 0.6) is 0 Å². The van der Waals surface area contributed by atoms with E-state index in [1.165, 1.54) is 0 Å². The first-order chi connectivity index (χ1) is 8.04. The minimum atomic E-state index is -0.840. The standard InChI is InChI=1S/C13H16ClNO2/c1-3-8-15(9-13(16)17)10(2)11-4-6-12(14)7-5-11/h3-7,10H,1,8-9H2,2H3,(H,16,17). The summed E-state index contributed by atoms with van der Waals surface area (Å²) in [7, 11) is 0. The molecule has 17 heavy (non-hydrogen) atoms. The number of carbonyl (C=O) groups is 1. The van der Waals surface area contributed by atoms with Gasteiger partial charge in [-0.05, 0) is 24.6 Å². The summed E-state index contributed by atoms with van der Waals surface area (Å²) in [6, 6.07) is 7.44. The highest BCUT2D eigenvalue weighted by Crippen LogP contribution is 2.21. The molecule has 4 heteroatoms. The maximum Gasteiger partial charge on any atom is 0.317 e. The highest BCUT2D eigenvalue weighted by atomic mass is 35.5. The highest BCUT2D eigenvalue weighted by Gasteiger charge is 2.16. The molecule has 0 radical (unpaired) electrons. The lowest BCUT2D eigenvalue weighted by Gasteiger charge is -2.26. The summed E-state index contributed by atoms with van der Waals surface area (Å²) < 4.78 is 0. The Balaban J connectivity index is 2.82. The number of rotatable bonds is 6. The van der Waals surface area contributed by atoms with Gasteiger partial charge in [-0.1, -0.05) is 29.8 Å². The van der Waals surface area contributed by atoms with E-state index in [1.54, 1.807) is 18.2 Å². The second kappa shape index (κ2) is 6.42. The minimum Gasteiger partial charge on any atom is -0.480 e. The summed E-state index contributed by atoms with van der Waals surface area (Å²) in [5, 5.41) is 9.53. The molecule has 1 unspecified atom stereocenters. The Labute approximate surface area is 106 Å². The van der Waals surface area contributed by atoms with Gasteiger partial charge in [0.15, 0.2) is 0 Å². The lowest BCUT2D eigenvalue weighted by Crippen LogP contribution is -2.32. The average molecular weight is 254 g/mol. The first kappa shape index (κ1) is 13.7. The maximum absolute atomic E-state index is 10.8. The number of halogens is 1. The third-order valence-corrected chi connectivity index (χ3v) is 2.85. The first-order valence-corrected chi connectivity index (χ1v) is 5.74. The second-order valence-corrected chi connectivity index (χ2v) is 4.28. The fourth-order valence-corrected chi connectivity index (χ4v) is 1.78. The second-order valence-electron chi connectivity index (χ2n) is 3.84. The zero-order chi connectivity index (χ0) is 12.8. The van der Waals surface area contributed by atoms with Crippen LogP contribution in [0.1, 0.15) is 18.5 Å². The van der Waals surface area contributed by atoms with Crippen LogP contribution in [0.15, 0.2) is 36.9 Å². The van der Waals surface area contributed by atoms with E-state index in [2.05, 4.69) is 6.58 Å². The lowest BCUT2D eigenvalue weighted by atomic mass is 10.1. The quantitative estimate of drug-likeness (QED) is 0.793. The molecule has 3 nitrogen and oxygen atoms in total. The van der Waals surface area contributed by atoms with Crippen molar-refractivity contribution in [2.75, 3.05) is 13.1 Å². The SMILES string of the molecule is C=CCN(CC(=O)O)C(C)c1ccc(Cl)cc1. The third kappa shape index (κ3) is 4.21. The Morgan fingerprint density at radius 2 is 2.12 bits per heavy atom. The van der Waals surface area contributed by atoms with E-state index in [4.69, 9.17) is 16.7 Å². The van der Waals surface area contributed by atoms with Crippen LogP contribution in [0.2, 0.25) is 5.02 Å². The number of hydrogen-bond donors (Lipinski definition) is 1. The molecule has 92 valence electrons. The van der Waals surface area contributed by atoms with Crippen molar-refractivity contribution >= 4 is 17.6 Å². The highest BCUT2D eigenvalue weighted by molar-refractivity contribution is 6.30. The smallest absolute Gasteiger partial charge is 0.317 e. The number of aliphatic carboxylic acids is 1. The van der Waals surface area contributed by atoms with Gasteiger partial charge in [-0.3, -0.25) is 9.69 Å². The molecule has 0 saturated carbocycles. The average Bonchev–Trinajstić information content (AvgIpc) is 2.28. The van der Waals surface area contributed by atoms with Gasteiger partial charge in [0.1, 0.15) is 0 Å². The van der Waals surface area contributed by atoms with Gasteiger partial charge >= 0.3 is 5.97 Å². The van der Waals surface area contributed by atoms with E-state index >= 15 is 0 Å². The van der Waals surface area contributed by atoms with Gasteiger partial charge in [-0.15, -0.1) is 6.58 Å². The summed E-state index contributed by atoms with van der Waals surface area (Å²) in [5.41, 5.74) is 1.04. The van der Waals surface area contributed by atoms with E-state index in [9.17, 15) is 4.79 Å². The Bertz CT molecular complexity index is 389. The number of benzene rings is 1. The monoisotopic (exact) mass is 253 g/mol. The van der Waals surface area contributed by atoms with Crippen molar-refractivity contribution in [3.05, 3.63) is 47.5 Å². The van der Waals surface area contributed by atoms with Crippen molar-refractivity contribution in [2.45, 2.75) is 13.0 Å². The van der Waals surface area contributed by atoms with Crippen LogP contribution < -0.4 is 0 Å². The zero-order valence-electron chi connectivity index (χ0n) is 9.77. The molecule has 0 spiro atoms. The molecule has 1 atom stereocenters. The van der Waals surface area contributed by atoms with Gasteiger partial charge in [0.05, 0.1) is 6.54 Å². The first-order valence-electron chi connectivity index (χ1n) is 5.36. The molecule has 0 aliphatic carbocycles. The van der Waals surface area contributed by atoms with Crippen LogP contribution in [0.4, 0.5) is 0 Å². The molecule has 0 saturated heterocycles. The van der Waals surface area contributed by atoms with Gasteiger partial charge in [0, 0.05) is 17.6 Å². The van der Waals surface area contributed by atoms with E-state index in [0.29, 0.717) is 11.6 Å². The summed E-state index contributed by atoms with van der Waals surface area (Å²) in [6.45, 7) is 6.14. The maximum atomic E-state index is 10.8. The van der Waals surface area contributed by atoms with Gasteiger partial charge in [0.2, 0.25) is 0 Å². The van der Waals surface area contributed by atoms with Crippen molar-refractivity contribution in [1.82, 2.24) is 4.90 Å². The summed E-state index contributed by atoms with van der Waals surface area (Å²) >= 11 is 5.82. The lowest BCUT2D eigenvalue weighted by molar-refractivity contribution is -0.138. The van der Waals surface area contributed by atoms with Crippen LogP contribution in [0.25, 0.3) is 0 Å². The summed E-state index contributed by atoms with van der Waals surface area (Å²) in [4.78, 5) is 12.6. The van der Waals surface area contributed by atoms with Crippen molar-refractivity contribution < 1.29 is 9.90 Å². The Kier molecular flexibility index (Phi) is 5.19. The Hall–Kier alpha value is -1.32. The van der Waals surface area contributed by atoms with Gasteiger partial charge in [-0.2, -0.15) is 0 Å².